The molecule has 12 heavy (non-hydrogen) atoms. The number of rotatable bonds is 1. The molecule has 0 saturated carbocycles. The zero-order valence-electron chi connectivity index (χ0n) is 5.64. The minimum atomic E-state index is -2.96. The molecule has 0 aliphatic carbocycles. The van der Waals surface area contributed by atoms with Crippen molar-refractivity contribution in [3.05, 3.63) is 27.1 Å². The third-order valence-corrected chi connectivity index (χ3v) is 1.65. The second-order valence-corrected chi connectivity index (χ2v) is 2.41. The van der Waals surface area contributed by atoms with Crippen LogP contribution in [0.3, 0.4) is 0 Å². The van der Waals surface area contributed by atoms with Crippen molar-refractivity contribution in [2.75, 3.05) is 0 Å². The lowest BCUT2D eigenvalue weighted by molar-refractivity contribution is 0.147. The SMILES string of the molecule is O=c1[nH]cc(O)c(C(F)F)c1Cl. The third-order valence-electron chi connectivity index (χ3n) is 1.27. The maximum Gasteiger partial charge on any atom is 0.269 e. The van der Waals surface area contributed by atoms with Gasteiger partial charge in [0.05, 0.1) is 5.56 Å². The number of H-pyrrole nitrogens is 1. The monoisotopic (exact) mass is 195 g/mol. The Labute approximate surface area is 70.6 Å². The van der Waals surface area contributed by atoms with Crippen molar-refractivity contribution in [1.82, 2.24) is 4.98 Å². The van der Waals surface area contributed by atoms with Gasteiger partial charge in [0.15, 0.2) is 0 Å². The summed E-state index contributed by atoms with van der Waals surface area (Å²) in [6, 6.07) is 0. The van der Waals surface area contributed by atoms with E-state index in [0.29, 0.717) is 0 Å². The second-order valence-electron chi connectivity index (χ2n) is 2.03. The third kappa shape index (κ3) is 1.40. The maximum absolute atomic E-state index is 12.1. The van der Waals surface area contributed by atoms with E-state index in [4.69, 9.17) is 16.7 Å². The molecule has 1 aromatic heterocycles. The molecular weight excluding hydrogens is 192 g/mol. The van der Waals surface area contributed by atoms with Crippen molar-refractivity contribution in [2.24, 2.45) is 0 Å². The lowest BCUT2D eigenvalue weighted by Gasteiger charge is -2.03. The Hall–Kier alpha value is -1.10. The highest BCUT2D eigenvalue weighted by molar-refractivity contribution is 6.31. The van der Waals surface area contributed by atoms with Gasteiger partial charge in [0.25, 0.3) is 12.0 Å². The van der Waals surface area contributed by atoms with E-state index in [-0.39, 0.29) is 0 Å². The van der Waals surface area contributed by atoms with Crippen LogP contribution in [-0.4, -0.2) is 10.1 Å². The Balaban J connectivity index is 3.43. The number of aromatic nitrogens is 1. The predicted molar refractivity (Wildman–Crippen MR) is 38.7 cm³/mol. The van der Waals surface area contributed by atoms with Gasteiger partial charge in [-0.25, -0.2) is 8.78 Å². The summed E-state index contributed by atoms with van der Waals surface area (Å²) in [6.45, 7) is 0. The van der Waals surface area contributed by atoms with Crippen LogP contribution >= 0.6 is 11.6 Å². The van der Waals surface area contributed by atoms with Gasteiger partial charge >= 0.3 is 0 Å². The zero-order valence-corrected chi connectivity index (χ0v) is 6.40. The lowest BCUT2D eigenvalue weighted by Crippen LogP contribution is -2.08. The fraction of sp³-hybridized carbons (Fsp3) is 0.167. The van der Waals surface area contributed by atoms with Crippen molar-refractivity contribution in [1.29, 1.82) is 0 Å². The van der Waals surface area contributed by atoms with Crippen LogP contribution in [0.5, 0.6) is 5.75 Å². The quantitative estimate of drug-likeness (QED) is 0.716. The number of aromatic hydroxyl groups is 1. The summed E-state index contributed by atoms with van der Waals surface area (Å²) < 4.78 is 24.1. The van der Waals surface area contributed by atoms with Crippen LogP contribution in [-0.2, 0) is 0 Å². The van der Waals surface area contributed by atoms with Crippen molar-refractivity contribution in [2.45, 2.75) is 6.43 Å². The second kappa shape index (κ2) is 3.10. The first-order chi connectivity index (χ1) is 5.54. The molecule has 0 bridgehead atoms. The largest absolute Gasteiger partial charge is 0.506 e. The van der Waals surface area contributed by atoms with Gasteiger partial charge in [-0.2, -0.15) is 0 Å². The molecule has 0 amide bonds. The van der Waals surface area contributed by atoms with Crippen LogP contribution in [0.4, 0.5) is 8.78 Å². The number of hydrogen-bond donors (Lipinski definition) is 2. The summed E-state index contributed by atoms with van der Waals surface area (Å²) >= 11 is 5.21. The summed E-state index contributed by atoms with van der Waals surface area (Å²) in [5, 5.41) is 8.18. The summed E-state index contributed by atoms with van der Waals surface area (Å²) in [5.41, 5.74) is -1.68. The molecule has 0 radical (unpaired) electrons. The number of halogens is 3. The van der Waals surface area contributed by atoms with Crippen molar-refractivity contribution in [3.63, 3.8) is 0 Å². The standard InChI is InChI=1S/C6H4ClF2NO2/c7-4-3(5(8)9)2(11)1-10-6(4)12/h1,5,11H,(H,10,12). The highest BCUT2D eigenvalue weighted by atomic mass is 35.5. The first-order valence-corrected chi connectivity index (χ1v) is 3.30. The average Bonchev–Trinajstić information content (AvgIpc) is 1.97. The molecule has 0 atom stereocenters. The molecule has 1 heterocycles. The van der Waals surface area contributed by atoms with Gasteiger partial charge in [-0.15, -0.1) is 0 Å². The molecule has 3 nitrogen and oxygen atoms in total. The average molecular weight is 196 g/mol. The zero-order chi connectivity index (χ0) is 9.30. The molecule has 0 aliphatic rings. The number of nitrogens with one attached hydrogen (secondary N) is 1. The van der Waals surface area contributed by atoms with Crippen LogP contribution < -0.4 is 5.56 Å². The Morgan fingerprint density at radius 1 is 1.58 bits per heavy atom. The Bertz CT molecular complexity index is 350. The molecule has 0 spiro atoms. The van der Waals surface area contributed by atoms with Crippen molar-refractivity contribution >= 4 is 11.6 Å². The van der Waals surface area contributed by atoms with Gasteiger partial charge in [0.1, 0.15) is 10.8 Å². The topological polar surface area (TPSA) is 53.1 Å². The van der Waals surface area contributed by atoms with E-state index < -0.39 is 28.3 Å². The molecule has 2 N–H and O–H groups in total. The van der Waals surface area contributed by atoms with Gasteiger partial charge in [-0.1, -0.05) is 11.6 Å². The molecule has 1 rings (SSSR count). The van der Waals surface area contributed by atoms with Gasteiger partial charge in [0, 0.05) is 6.20 Å². The molecule has 1 aromatic rings. The number of pyridine rings is 1. The van der Waals surface area contributed by atoms with Gasteiger partial charge in [0.2, 0.25) is 0 Å². The minimum absolute atomic E-state index is 0.676. The maximum atomic E-state index is 12.1. The molecule has 66 valence electrons. The summed E-state index contributed by atoms with van der Waals surface area (Å²) in [4.78, 5) is 12.7. The number of hydrogen-bond acceptors (Lipinski definition) is 2. The Kier molecular flexibility index (Phi) is 2.32. The van der Waals surface area contributed by atoms with E-state index >= 15 is 0 Å². The Morgan fingerprint density at radius 2 is 2.17 bits per heavy atom. The molecular formula is C6H4ClF2NO2. The van der Waals surface area contributed by atoms with Crippen LogP contribution in [0.1, 0.15) is 12.0 Å². The molecule has 0 fully saturated rings. The predicted octanol–water partition coefficient (Wildman–Crippen LogP) is 1.67. The normalized spacial score (nSPS) is 10.7. The molecule has 0 aliphatic heterocycles. The van der Waals surface area contributed by atoms with Crippen LogP contribution in [0.15, 0.2) is 11.0 Å². The van der Waals surface area contributed by atoms with E-state index in [2.05, 4.69) is 0 Å². The lowest BCUT2D eigenvalue weighted by atomic mass is 10.2. The Morgan fingerprint density at radius 3 is 2.58 bits per heavy atom. The smallest absolute Gasteiger partial charge is 0.269 e. The molecule has 0 unspecified atom stereocenters. The highest BCUT2D eigenvalue weighted by Gasteiger charge is 2.19. The van der Waals surface area contributed by atoms with E-state index in [9.17, 15) is 13.6 Å². The van der Waals surface area contributed by atoms with Crippen molar-refractivity contribution in [3.8, 4) is 5.75 Å². The molecule has 0 aromatic carbocycles. The van der Waals surface area contributed by atoms with E-state index in [1.807, 2.05) is 4.98 Å². The highest BCUT2D eigenvalue weighted by Crippen LogP contribution is 2.31. The van der Waals surface area contributed by atoms with E-state index in [1.54, 1.807) is 0 Å². The molecule has 0 saturated heterocycles. The summed E-state index contributed by atoms with van der Waals surface area (Å²) in [6.07, 6.45) is -2.18. The van der Waals surface area contributed by atoms with Crippen LogP contribution in [0, 0.1) is 0 Å². The van der Waals surface area contributed by atoms with Gasteiger partial charge in [-0.3, -0.25) is 4.79 Å². The van der Waals surface area contributed by atoms with E-state index in [1.165, 1.54) is 0 Å². The van der Waals surface area contributed by atoms with Crippen molar-refractivity contribution < 1.29 is 13.9 Å². The van der Waals surface area contributed by atoms with Crippen LogP contribution in [0.2, 0.25) is 5.02 Å². The fourth-order valence-electron chi connectivity index (χ4n) is 0.717. The van der Waals surface area contributed by atoms with Gasteiger partial charge in [-0.05, 0) is 0 Å². The summed E-state index contributed by atoms with van der Waals surface area (Å²) in [5.74, 6) is -0.713. The summed E-state index contributed by atoms with van der Waals surface area (Å²) in [7, 11) is 0. The van der Waals surface area contributed by atoms with Gasteiger partial charge < -0.3 is 10.1 Å². The van der Waals surface area contributed by atoms with Crippen LogP contribution in [0.25, 0.3) is 0 Å². The van der Waals surface area contributed by atoms with E-state index in [0.717, 1.165) is 6.20 Å². The minimum Gasteiger partial charge on any atom is -0.506 e. The fourth-order valence-corrected chi connectivity index (χ4v) is 0.951. The number of alkyl halides is 2. The first kappa shape index (κ1) is 8.99. The number of aromatic amines is 1. The molecule has 6 heteroatoms. The first-order valence-electron chi connectivity index (χ1n) is 2.92.